The molecule has 0 atom stereocenters. The molecule has 0 bridgehead atoms. The largest absolute Gasteiger partial charge is 0.492 e. The summed E-state index contributed by atoms with van der Waals surface area (Å²) >= 11 is 7.68. The van der Waals surface area contributed by atoms with Crippen molar-refractivity contribution in [2.75, 3.05) is 44.5 Å². The SMILES string of the molecule is CCOc1ccc(NC(=O)c2cc(SC)ccc2Cl)cc1S(=O)(=O)N1CCOCC1. The van der Waals surface area contributed by atoms with Crippen molar-refractivity contribution in [3.8, 4) is 5.75 Å². The van der Waals surface area contributed by atoms with Gasteiger partial charge in [-0.15, -0.1) is 11.8 Å². The molecule has 1 amide bonds. The summed E-state index contributed by atoms with van der Waals surface area (Å²) in [5.74, 6) is -0.181. The van der Waals surface area contributed by atoms with Gasteiger partial charge in [-0.2, -0.15) is 4.31 Å². The first-order valence-corrected chi connectivity index (χ1v) is 12.4. The minimum Gasteiger partial charge on any atom is -0.492 e. The van der Waals surface area contributed by atoms with E-state index < -0.39 is 15.9 Å². The molecular weight excluding hydrogens is 448 g/mol. The third-order valence-corrected chi connectivity index (χ3v) is 7.48. The summed E-state index contributed by atoms with van der Waals surface area (Å²) < 4.78 is 38.5. The Morgan fingerprint density at radius 2 is 1.97 bits per heavy atom. The highest BCUT2D eigenvalue weighted by Gasteiger charge is 2.30. The van der Waals surface area contributed by atoms with Gasteiger partial charge in [0.2, 0.25) is 10.0 Å². The molecule has 0 aromatic heterocycles. The van der Waals surface area contributed by atoms with Gasteiger partial charge in [-0.05, 0) is 49.6 Å². The summed E-state index contributed by atoms with van der Waals surface area (Å²) in [6, 6.07) is 9.75. The fraction of sp³-hybridized carbons (Fsp3) is 0.350. The Hall–Kier alpha value is -1.78. The fourth-order valence-electron chi connectivity index (χ4n) is 2.99. The number of amides is 1. The van der Waals surface area contributed by atoms with Crippen molar-refractivity contribution in [1.29, 1.82) is 0 Å². The zero-order valence-electron chi connectivity index (χ0n) is 16.7. The average Bonchev–Trinajstić information content (AvgIpc) is 2.75. The zero-order chi connectivity index (χ0) is 21.7. The first-order valence-electron chi connectivity index (χ1n) is 9.36. The molecule has 0 unspecified atom stereocenters. The molecule has 3 rings (SSSR count). The van der Waals surface area contributed by atoms with Gasteiger partial charge in [0.05, 0.1) is 30.4 Å². The Morgan fingerprint density at radius 3 is 2.63 bits per heavy atom. The van der Waals surface area contributed by atoms with Crippen molar-refractivity contribution in [1.82, 2.24) is 4.31 Å². The lowest BCUT2D eigenvalue weighted by molar-refractivity contribution is 0.0729. The van der Waals surface area contributed by atoms with Gasteiger partial charge < -0.3 is 14.8 Å². The van der Waals surface area contributed by atoms with Crippen LogP contribution in [-0.2, 0) is 14.8 Å². The fourth-order valence-corrected chi connectivity index (χ4v) is 5.20. The van der Waals surface area contributed by atoms with Gasteiger partial charge in [-0.3, -0.25) is 4.79 Å². The molecule has 1 heterocycles. The second-order valence-corrected chi connectivity index (χ2v) is 9.60. The first-order chi connectivity index (χ1) is 14.4. The second kappa shape index (κ2) is 10.0. The summed E-state index contributed by atoms with van der Waals surface area (Å²) in [7, 11) is -3.81. The number of benzene rings is 2. The number of morpholine rings is 1. The molecule has 1 fully saturated rings. The van der Waals surface area contributed by atoms with Gasteiger partial charge in [0.15, 0.2) is 0 Å². The summed E-state index contributed by atoms with van der Waals surface area (Å²) in [5, 5.41) is 3.06. The van der Waals surface area contributed by atoms with E-state index in [1.807, 2.05) is 12.3 Å². The number of halogens is 1. The molecule has 0 aliphatic carbocycles. The number of hydrogen-bond donors (Lipinski definition) is 1. The van der Waals surface area contributed by atoms with E-state index in [2.05, 4.69) is 5.32 Å². The third-order valence-electron chi connectivity index (χ3n) is 4.51. The maximum Gasteiger partial charge on any atom is 0.257 e. The van der Waals surface area contributed by atoms with Crippen molar-refractivity contribution in [3.63, 3.8) is 0 Å². The maximum absolute atomic E-state index is 13.2. The highest BCUT2D eigenvalue weighted by atomic mass is 35.5. The lowest BCUT2D eigenvalue weighted by atomic mass is 10.2. The number of hydrogen-bond acceptors (Lipinski definition) is 6. The third kappa shape index (κ3) is 5.09. The number of ether oxygens (including phenoxy) is 2. The van der Waals surface area contributed by atoms with Crippen LogP contribution in [0, 0.1) is 0 Å². The number of nitrogens with zero attached hydrogens (tertiary/aromatic N) is 1. The molecule has 2 aromatic rings. The Labute approximate surface area is 185 Å². The Kier molecular flexibility index (Phi) is 7.65. The average molecular weight is 471 g/mol. The lowest BCUT2D eigenvalue weighted by Crippen LogP contribution is -2.40. The summed E-state index contributed by atoms with van der Waals surface area (Å²) in [5.41, 5.74) is 0.649. The van der Waals surface area contributed by atoms with Crippen molar-refractivity contribution in [2.24, 2.45) is 0 Å². The molecule has 1 saturated heterocycles. The highest BCUT2D eigenvalue weighted by molar-refractivity contribution is 7.98. The maximum atomic E-state index is 13.2. The Balaban J connectivity index is 1.93. The summed E-state index contributed by atoms with van der Waals surface area (Å²) in [6.45, 7) is 3.30. The molecule has 1 N–H and O–H groups in total. The number of carbonyl (C=O) groups excluding carboxylic acids is 1. The summed E-state index contributed by atoms with van der Waals surface area (Å²) in [4.78, 5) is 13.7. The molecule has 1 aliphatic rings. The standard InChI is InChI=1S/C20H23ClN2O5S2/c1-3-28-18-7-4-14(12-19(18)30(25,26)23-8-10-27-11-9-23)22-20(24)16-13-15(29-2)5-6-17(16)21/h4-7,12-13H,3,8-11H2,1-2H3,(H,22,24). The Morgan fingerprint density at radius 1 is 1.23 bits per heavy atom. The smallest absolute Gasteiger partial charge is 0.257 e. The molecule has 0 radical (unpaired) electrons. The predicted octanol–water partition coefficient (Wildman–Crippen LogP) is 3.73. The van der Waals surface area contributed by atoms with Crippen LogP contribution in [0.5, 0.6) is 5.75 Å². The summed E-state index contributed by atoms with van der Waals surface area (Å²) in [6.07, 6.45) is 1.90. The molecule has 2 aromatic carbocycles. The number of sulfonamides is 1. The van der Waals surface area contributed by atoms with Crippen LogP contribution in [0.3, 0.4) is 0 Å². The van der Waals surface area contributed by atoms with E-state index in [4.69, 9.17) is 21.1 Å². The van der Waals surface area contributed by atoms with E-state index in [0.717, 1.165) is 4.90 Å². The van der Waals surface area contributed by atoms with E-state index >= 15 is 0 Å². The minimum absolute atomic E-state index is 0.00742. The lowest BCUT2D eigenvalue weighted by Gasteiger charge is -2.27. The van der Waals surface area contributed by atoms with E-state index in [1.165, 1.54) is 22.1 Å². The first kappa shape index (κ1) is 22.9. The van der Waals surface area contributed by atoms with E-state index in [1.54, 1.807) is 31.2 Å². The van der Waals surface area contributed by atoms with Crippen LogP contribution in [0.4, 0.5) is 5.69 Å². The number of anilines is 1. The molecule has 1 aliphatic heterocycles. The monoisotopic (exact) mass is 470 g/mol. The molecule has 30 heavy (non-hydrogen) atoms. The van der Waals surface area contributed by atoms with Crippen LogP contribution < -0.4 is 10.1 Å². The number of carbonyl (C=O) groups is 1. The highest BCUT2D eigenvalue weighted by Crippen LogP contribution is 2.31. The van der Waals surface area contributed by atoms with Gasteiger partial charge in [-0.1, -0.05) is 11.6 Å². The molecule has 0 saturated carbocycles. The molecule has 162 valence electrons. The molecule has 0 spiro atoms. The van der Waals surface area contributed by atoms with Crippen LogP contribution in [-0.4, -0.2) is 57.8 Å². The zero-order valence-corrected chi connectivity index (χ0v) is 19.1. The van der Waals surface area contributed by atoms with Crippen molar-refractivity contribution in [3.05, 3.63) is 47.0 Å². The normalized spacial score (nSPS) is 15.0. The van der Waals surface area contributed by atoms with E-state index in [-0.39, 0.29) is 23.7 Å². The van der Waals surface area contributed by atoms with Gasteiger partial charge in [0.25, 0.3) is 5.91 Å². The second-order valence-electron chi connectivity index (χ2n) is 6.41. The van der Waals surface area contributed by atoms with Crippen molar-refractivity contribution in [2.45, 2.75) is 16.7 Å². The van der Waals surface area contributed by atoms with Crippen molar-refractivity contribution < 1.29 is 22.7 Å². The van der Waals surface area contributed by atoms with Gasteiger partial charge in [0, 0.05) is 23.7 Å². The van der Waals surface area contributed by atoms with E-state index in [0.29, 0.717) is 36.1 Å². The Bertz CT molecular complexity index is 1020. The topological polar surface area (TPSA) is 84.9 Å². The molecular formula is C20H23ClN2O5S2. The van der Waals surface area contributed by atoms with E-state index in [9.17, 15) is 13.2 Å². The van der Waals surface area contributed by atoms with Crippen LogP contribution in [0.15, 0.2) is 46.2 Å². The van der Waals surface area contributed by atoms with Crippen LogP contribution >= 0.6 is 23.4 Å². The van der Waals surface area contributed by atoms with Gasteiger partial charge in [-0.25, -0.2) is 8.42 Å². The van der Waals surface area contributed by atoms with Crippen LogP contribution in [0.25, 0.3) is 0 Å². The van der Waals surface area contributed by atoms with Crippen molar-refractivity contribution >= 4 is 45.0 Å². The van der Waals surface area contributed by atoms with Crippen LogP contribution in [0.1, 0.15) is 17.3 Å². The minimum atomic E-state index is -3.81. The molecule has 10 heteroatoms. The number of nitrogens with one attached hydrogen (secondary N) is 1. The predicted molar refractivity (Wildman–Crippen MR) is 118 cm³/mol. The quantitative estimate of drug-likeness (QED) is 0.620. The molecule has 7 nitrogen and oxygen atoms in total. The number of rotatable bonds is 7. The number of thioether (sulfide) groups is 1. The van der Waals surface area contributed by atoms with Gasteiger partial charge in [0.1, 0.15) is 10.6 Å². The van der Waals surface area contributed by atoms with Gasteiger partial charge >= 0.3 is 0 Å². The van der Waals surface area contributed by atoms with Crippen LogP contribution in [0.2, 0.25) is 5.02 Å².